The second kappa shape index (κ2) is 8.38. The summed E-state index contributed by atoms with van der Waals surface area (Å²) in [5, 5.41) is 1.12. The van der Waals surface area contributed by atoms with Crippen LogP contribution in [0.15, 0.2) is 81.7 Å². The fraction of sp³-hybridized carbons (Fsp3) is 0.310. The van der Waals surface area contributed by atoms with Crippen LogP contribution in [0.3, 0.4) is 0 Å². The van der Waals surface area contributed by atoms with Gasteiger partial charge in [-0.2, -0.15) is 0 Å². The highest BCUT2D eigenvalue weighted by atomic mass is 79.9. The van der Waals surface area contributed by atoms with Gasteiger partial charge in [0.15, 0.2) is 11.6 Å². The maximum Gasteiger partial charge on any atom is 0.161 e. The number of benzene rings is 2. The summed E-state index contributed by atoms with van der Waals surface area (Å²) in [6, 6.07) is 16.7. The largest absolute Gasteiger partial charge is 0.351 e. The van der Waals surface area contributed by atoms with Crippen LogP contribution in [0.5, 0.6) is 0 Å². The van der Waals surface area contributed by atoms with Crippen LogP contribution in [0.4, 0.5) is 0 Å². The SMILES string of the molecule is CN1C2=C(C(=O)CCC2)C(c2cn(Cc3ccccc3Br)c3ccccc23)C2=C1CCCC2=O. The van der Waals surface area contributed by atoms with Crippen molar-refractivity contribution in [2.24, 2.45) is 0 Å². The third-order valence-electron chi connectivity index (χ3n) is 7.67. The third kappa shape index (κ3) is 3.32. The molecule has 4 nitrogen and oxygen atoms in total. The monoisotopic (exact) mass is 514 g/mol. The molecule has 6 rings (SSSR count). The first-order chi connectivity index (χ1) is 16.5. The Morgan fingerprint density at radius 3 is 2.15 bits per heavy atom. The molecule has 0 fully saturated rings. The van der Waals surface area contributed by atoms with E-state index in [9.17, 15) is 9.59 Å². The van der Waals surface area contributed by atoms with Crippen molar-refractivity contribution in [3.63, 3.8) is 0 Å². The molecule has 5 heteroatoms. The number of rotatable bonds is 3. The van der Waals surface area contributed by atoms with E-state index >= 15 is 0 Å². The zero-order valence-electron chi connectivity index (χ0n) is 19.3. The Kier molecular flexibility index (Phi) is 5.33. The molecule has 0 unspecified atom stereocenters. The van der Waals surface area contributed by atoms with Crippen LogP contribution in [0, 0.1) is 0 Å². The molecule has 34 heavy (non-hydrogen) atoms. The molecular weight excluding hydrogens is 488 g/mol. The summed E-state index contributed by atoms with van der Waals surface area (Å²) in [5.41, 5.74) is 7.36. The van der Waals surface area contributed by atoms with Gasteiger partial charge in [-0.05, 0) is 48.9 Å². The van der Waals surface area contributed by atoms with Crippen LogP contribution in [0.2, 0.25) is 0 Å². The Morgan fingerprint density at radius 2 is 1.47 bits per heavy atom. The molecule has 0 amide bonds. The maximum atomic E-state index is 13.4. The van der Waals surface area contributed by atoms with Gasteiger partial charge in [0.25, 0.3) is 0 Å². The van der Waals surface area contributed by atoms with E-state index in [0.717, 1.165) is 69.2 Å². The van der Waals surface area contributed by atoms with Crippen LogP contribution in [0.1, 0.15) is 55.6 Å². The molecule has 172 valence electrons. The third-order valence-corrected chi connectivity index (χ3v) is 8.45. The van der Waals surface area contributed by atoms with E-state index in [1.54, 1.807) is 0 Å². The first kappa shape index (κ1) is 21.6. The van der Waals surface area contributed by atoms with E-state index in [-0.39, 0.29) is 17.5 Å². The van der Waals surface area contributed by atoms with Gasteiger partial charge >= 0.3 is 0 Å². The zero-order chi connectivity index (χ0) is 23.4. The number of allylic oxidation sites excluding steroid dienone is 4. The Morgan fingerprint density at radius 1 is 0.853 bits per heavy atom. The summed E-state index contributed by atoms with van der Waals surface area (Å²) < 4.78 is 3.35. The first-order valence-electron chi connectivity index (χ1n) is 12.1. The molecule has 2 aromatic carbocycles. The summed E-state index contributed by atoms with van der Waals surface area (Å²) in [6.07, 6.45) is 6.89. The number of hydrogen-bond donors (Lipinski definition) is 0. The topological polar surface area (TPSA) is 42.3 Å². The summed E-state index contributed by atoms with van der Waals surface area (Å²) in [5.74, 6) is 0.128. The van der Waals surface area contributed by atoms with Gasteiger partial charge in [0.2, 0.25) is 0 Å². The number of hydrogen-bond acceptors (Lipinski definition) is 3. The first-order valence-corrected chi connectivity index (χ1v) is 12.9. The van der Waals surface area contributed by atoms with Gasteiger partial charge in [0.1, 0.15) is 0 Å². The lowest BCUT2D eigenvalue weighted by Crippen LogP contribution is -2.37. The van der Waals surface area contributed by atoms with E-state index in [1.807, 2.05) is 13.1 Å². The summed E-state index contributed by atoms with van der Waals surface area (Å²) in [4.78, 5) is 28.9. The van der Waals surface area contributed by atoms with Crippen molar-refractivity contribution in [3.8, 4) is 0 Å². The molecule has 2 aliphatic carbocycles. The molecule has 0 saturated carbocycles. The van der Waals surface area contributed by atoms with Crippen molar-refractivity contribution in [3.05, 3.63) is 92.9 Å². The Balaban J connectivity index is 1.58. The highest BCUT2D eigenvalue weighted by Gasteiger charge is 2.43. The molecule has 1 aromatic heterocycles. The van der Waals surface area contributed by atoms with Crippen molar-refractivity contribution in [1.82, 2.24) is 9.47 Å². The lowest BCUT2D eigenvalue weighted by Gasteiger charge is -2.42. The number of Topliss-reactive ketones (excluding diaryl/α,β-unsaturated/α-hetero) is 2. The van der Waals surface area contributed by atoms with E-state index in [4.69, 9.17) is 0 Å². The molecule has 0 spiro atoms. The highest BCUT2D eigenvalue weighted by molar-refractivity contribution is 9.10. The van der Waals surface area contributed by atoms with Crippen LogP contribution in [0.25, 0.3) is 10.9 Å². The average Bonchev–Trinajstić information content (AvgIpc) is 3.20. The summed E-state index contributed by atoms with van der Waals surface area (Å²) >= 11 is 3.69. The van der Waals surface area contributed by atoms with E-state index in [0.29, 0.717) is 19.4 Å². The Bertz CT molecular complexity index is 1370. The van der Waals surface area contributed by atoms with Crippen molar-refractivity contribution in [1.29, 1.82) is 0 Å². The quantitative estimate of drug-likeness (QED) is 0.400. The summed E-state index contributed by atoms with van der Waals surface area (Å²) in [6.45, 7) is 0.717. The molecule has 2 heterocycles. The lowest BCUT2D eigenvalue weighted by molar-refractivity contribution is -0.117. The van der Waals surface area contributed by atoms with Gasteiger partial charge in [0.05, 0.1) is 0 Å². The number of aromatic nitrogens is 1. The molecule has 0 saturated heterocycles. The average molecular weight is 515 g/mol. The Labute approximate surface area is 208 Å². The zero-order valence-corrected chi connectivity index (χ0v) is 20.9. The molecular formula is C29H27BrN2O2. The van der Waals surface area contributed by atoms with Gasteiger partial charge in [-0.3, -0.25) is 9.59 Å². The van der Waals surface area contributed by atoms with Gasteiger partial charge in [0, 0.05) is 76.5 Å². The van der Waals surface area contributed by atoms with Crippen molar-refractivity contribution >= 4 is 38.4 Å². The lowest BCUT2D eigenvalue weighted by atomic mass is 9.71. The molecule has 0 atom stereocenters. The minimum Gasteiger partial charge on any atom is -0.351 e. The number of halogens is 1. The molecule has 1 aliphatic heterocycles. The van der Waals surface area contributed by atoms with Crippen LogP contribution < -0.4 is 0 Å². The van der Waals surface area contributed by atoms with E-state index in [2.05, 4.69) is 74.1 Å². The fourth-order valence-electron chi connectivity index (χ4n) is 6.11. The molecule has 0 bridgehead atoms. The normalized spacial score (nSPS) is 19.2. The van der Waals surface area contributed by atoms with Crippen LogP contribution in [-0.2, 0) is 16.1 Å². The van der Waals surface area contributed by atoms with Gasteiger partial charge in [-0.15, -0.1) is 0 Å². The predicted molar refractivity (Wildman–Crippen MR) is 137 cm³/mol. The van der Waals surface area contributed by atoms with Crippen LogP contribution >= 0.6 is 15.9 Å². The fourth-order valence-corrected chi connectivity index (χ4v) is 6.52. The minimum atomic E-state index is -0.271. The van der Waals surface area contributed by atoms with Gasteiger partial charge in [-0.1, -0.05) is 52.3 Å². The molecule has 3 aliphatic rings. The van der Waals surface area contributed by atoms with Crippen LogP contribution in [-0.4, -0.2) is 28.1 Å². The standard InChI is InChI=1S/C29H27BrN2O2/c1-31-23-12-6-14-25(33)28(23)27(29-24(31)13-7-15-26(29)34)20-17-32(22-11-5-3-9-19(20)22)16-18-8-2-4-10-21(18)30/h2-5,8-11,17,27H,6-7,12-16H2,1H3. The number of fused-ring (bicyclic) bond motifs is 1. The smallest absolute Gasteiger partial charge is 0.161 e. The number of carbonyl (C=O) groups is 2. The van der Waals surface area contributed by atoms with Crippen molar-refractivity contribution in [2.75, 3.05) is 7.05 Å². The second-order valence-corrected chi connectivity index (χ2v) is 10.4. The van der Waals surface area contributed by atoms with Gasteiger partial charge < -0.3 is 9.47 Å². The molecule has 0 N–H and O–H groups in total. The van der Waals surface area contributed by atoms with Crippen molar-refractivity contribution < 1.29 is 9.59 Å². The highest BCUT2D eigenvalue weighted by Crippen LogP contribution is 2.50. The number of nitrogens with zero attached hydrogens (tertiary/aromatic N) is 2. The number of ketones is 2. The molecule has 3 aromatic rings. The molecule has 0 radical (unpaired) electrons. The van der Waals surface area contributed by atoms with Crippen molar-refractivity contribution in [2.45, 2.75) is 51.0 Å². The number of para-hydroxylation sites is 1. The predicted octanol–water partition coefficient (Wildman–Crippen LogP) is 6.50. The second-order valence-electron chi connectivity index (χ2n) is 9.59. The Hall–Kier alpha value is -2.92. The maximum absolute atomic E-state index is 13.4. The number of carbonyl (C=O) groups excluding carboxylic acids is 2. The van der Waals surface area contributed by atoms with E-state index < -0.39 is 0 Å². The van der Waals surface area contributed by atoms with E-state index in [1.165, 1.54) is 5.56 Å². The van der Waals surface area contributed by atoms with Gasteiger partial charge in [-0.25, -0.2) is 0 Å². The summed E-state index contributed by atoms with van der Waals surface area (Å²) in [7, 11) is 2.05. The minimum absolute atomic E-state index is 0.200.